The minimum absolute atomic E-state index is 0.0434. The van der Waals surface area contributed by atoms with Gasteiger partial charge in [-0.2, -0.15) is 0 Å². The van der Waals surface area contributed by atoms with Crippen molar-refractivity contribution >= 4 is 43.4 Å². The van der Waals surface area contributed by atoms with E-state index in [-0.39, 0.29) is 17.6 Å². The number of fused-ring (bicyclic) bond motifs is 3. The summed E-state index contributed by atoms with van der Waals surface area (Å²) in [5, 5.41) is 3.61. The van der Waals surface area contributed by atoms with E-state index in [0.29, 0.717) is 17.4 Å². The fourth-order valence-corrected chi connectivity index (χ4v) is 5.51. The molecule has 0 radical (unpaired) electrons. The first kappa shape index (κ1) is 20.6. The van der Waals surface area contributed by atoms with Gasteiger partial charge >= 0.3 is 0 Å². The maximum Gasteiger partial charge on any atom is 0.223 e. The molecule has 1 amide bonds. The Balaban J connectivity index is 1.28. The second-order valence-electron chi connectivity index (χ2n) is 7.88. The summed E-state index contributed by atoms with van der Waals surface area (Å²) in [4.78, 5) is 23.8. The summed E-state index contributed by atoms with van der Waals surface area (Å²) in [5.74, 6) is 1.35. The smallest absolute Gasteiger partial charge is 0.223 e. The summed E-state index contributed by atoms with van der Waals surface area (Å²) >= 11 is 1.51. The van der Waals surface area contributed by atoms with Gasteiger partial charge in [0.25, 0.3) is 0 Å². The highest BCUT2D eigenvalue weighted by atomic mass is 32.1. The number of piperidine rings is 1. The molecule has 6 nitrogen and oxygen atoms in total. The van der Waals surface area contributed by atoms with Gasteiger partial charge < -0.3 is 15.0 Å². The standard InChI is InChI=1S/C24H23FN4O2S/c1-31-18-7-3-2-5-16(18)13-26-24(30)15-9-11-29(12-10-15)23-22-21(27-14-28-23)20-17(25)6-4-8-19(20)32-22/h2-8,14-15H,9-13H2,1H3,(H,26,30). The van der Waals surface area contributed by atoms with Crippen LogP contribution in [0.2, 0.25) is 0 Å². The molecule has 0 spiro atoms. The van der Waals surface area contributed by atoms with Crippen LogP contribution in [0.25, 0.3) is 20.3 Å². The SMILES string of the molecule is COc1ccccc1CNC(=O)C1CCN(c2ncnc3c2sc2cccc(F)c23)CC1. The van der Waals surface area contributed by atoms with Gasteiger partial charge in [0.15, 0.2) is 0 Å². The molecule has 1 saturated heterocycles. The van der Waals surface area contributed by atoms with Crippen LogP contribution in [0.4, 0.5) is 10.2 Å². The van der Waals surface area contributed by atoms with Crippen LogP contribution in [0.1, 0.15) is 18.4 Å². The molecule has 0 saturated carbocycles. The molecule has 32 heavy (non-hydrogen) atoms. The second-order valence-corrected chi connectivity index (χ2v) is 8.93. The van der Waals surface area contributed by atoms with E-state index in [1.54, 1.807) is 13.2 Å². The summed E-state index contributed by atoms with van der Waals surface area (Å²) in [6.45, 7) is 1.88. The molecular weight excluding hydrogens is 427 g/mol. The summed E-state index contributed by atoms with van der Waals surface area (Å²) in [6, 6.07) is 12.8. The van der Waals surface area contributed by atoms with Gasteiger partial charge in [0.05, 0.1) is 22.7 Å². The van der Waals surface area contributed by atoms with E-state index in [1.165, 1.54) is 23.7 Å². The van der Waals surface area contributed by atoms with E-state index in [1.807, 2.05) is 30.3 Å². The third kappa shape index (κ3) is 3.75. The van der Waals surface area contributed by atoms with Crippen LogP contribution in [0, 0.1) is 11.7 Å². The van der Waals surface area contributed by atoms with Crippen LogP contribution in [0.3, 0.4) is 0 Å². The Labute approximate surface area is 189 Å². The molecular formula is C24H23FN4O2S. The van der Waals surface area contributed by atoms with Crippen LogP contribution in [-0.2, 0) is 11.3 Å². The number of amides is 1. The number of aromatic nitrogens is 2. The summed E-state index contributed by atoms with van der Waals surface area (Å²) in [5.41, 5.74) is 1.62. The highest BCUT2D eigenvalue weighted by molar-refractivity contribution is 7.26. The van der Waals surface area contributed by atoms with Crippen molar-refractivity contribution in [2.24, 2.45) is 5.92 Å². The number of benzene rings is 2. The molecule has 8 heteroatoms. The van der Waals surface area contributed by atoms with Crippen LogP contribution in [0.5, 0.6) is 5.75 Å². The van der Waals surface area contributed by atoms with Crippen molar-refractivity contribution in [3.8, 4) is 5.75 Å². The highest BCUT2D eigenvalue weighted by Gasteiger charge is 2.27. The maximum atomic E-state index is 14.4. The Morgan fingerprint density at radius 1 is 1.19 bits per heavy atom. The zero-order valence-corrected chi connectivity index (χ0v) is 18.5. The number of halogens is 1. The lowest BCUT2D eigenvalue weighted by atomic mass is 9.95. The zero-order chi connectivity index (χ0) is 22.1. The van der Waals surface area contributed by atoms with Crippen molar-refractivity contribution in [3.05, 3.63) is 60.2 Å². The maximum absolute atomic E-state index is 14.4. The number of carbonyl (C=O) groups is 1. The summed E-state index contributed by atoms with van der Waals surface area (Å²) in [7, 11) is 1.63. The van der Waals surface area contributed by atoms with Crippen molar-refractivity contribution in [3.63, 3.8) is 0 Å². The van der Waals surface area contributed by atoms with Gasteiger partial charge in [0.1, 0.15) is 23.7 Å². The van der Waals surface area contributed by atoms with Crippen molar-refractivity contribution < 1.29 is 13.9 Å². The van der Waals surface area contributed by atoms with Gasteiger partial charge in [0.2, 0.25) is 5.91 Å². The fourth-order valence-electron chi connectivity index (χ4n) is 4.32. The molecule has 1 fully saturated rings. The van der Waals surface area contributed by atoms with E-state index in [4.69, 9.17) is 4.74 Å². The minimum Gasteiger partial charge on any atom is -0.496 e. The predicted octanol–water partition coefficient (Wildman–Crippen LogP) is 4.53. The van der Waals surface area contributed by atoms with Gasteiger partial charge in [-0.15, -0.1) is 11.3 Å². The number of rotatable bonds is 5. The molecule has 0 unspecified atom stereocenters. The lowest BCUT2D eigenvalue weighted by Crippen LogP contribution is -2.40. The van der Waals surface area contributed by atoms with Gasteiger partial charge in [-0.1, -0.05) is 24.3 Å². The van der Waals surface area contributed by atoms with Crippen molar-refractivity contribution in [1.82, 2.24) is 15.3 Å². The largest absolute Gasteiger partial charge is 0.496 e. The van der Waals surface area contributed by atoms with Crippen molar-refractivity contribution in [2.75, 3.05) is 25.1 Å². The number of para-hydroxylation sites is 1. The molecule has 4 aromatic rings. The molecule has 0 aliphatic carbocycles. The van der Waals surface area contributed by atoms with Crippen LogP contribution in [0.15, 0.2) is 48.8 Å². The Kier molecular flexibility index (Phi) is 5.61. The molecule has 3 heterocycles. The quantitative estimate of drug-likeness (QED) is 0.484. The average molecular weight is 451 g/mol. The van der Waals surface area contributed by atoms with E-state index >= 15 is 0 Å². The number of nitrogens with zero attached hydrogens (tertiary/aromatic N) is 3. The molecule has 2 aromatic heterocycles. The van der Waals surface area contributed by atoms with E-state index in [9.17, 15) is 9.18 Å². The molecule has 1 aliphatic heterocycles. The first-order valence-corrected chi connectivity index (χ1v) is 11.4. The Bertz CT molecular complexity index is 1280. The number of methoxy groups -OCH3 is 1. The fraction of sp³-hybridized carbons (Fsp3) is 0.292. The number of ether oxygens (including phenoxy) is 1. The lowest BCUT2D eigenvalue weighted by Gasteiger charge is -2.32. The minimum atomic E-state index is -0.260. The topological polar surface area (TPSA) is 67.3 Å². The molecule has 0 atom stereocenters. The molecule has 164 valence electrons. The average Bonchev–Trinajstić information content (AvgIpc) is 3.23. The second kappa shape index (κ2) is 8.70. The van der Waals surface area contributed by atoms with E-state index < -0.39 is 0 Å². The number of anilines is 1. The molecule has 0 bridgehead atoms. The summed E-state index contributed by atoms with van der Waals surface area (Å²) in [6.07, 6.45) is 2.98. The van der Waals surface area contributed by atoms with Gasteiger partial charge in [-0.05, 0) is 31.0 Å². The third-order valence-electron chi connectivity index (χ3n) is 6.02. The van der Waals surface area contributed by atoms with E-state index in [2.05, 4.69) is 20.2 Å². The Morgan fingerprint density at radius 2 is 2.00 bits per heavy atom. The Hall–Kier alpha value is -3.26. The number of thiophene rings is 1. The third-order valence-corrected chi connectivity index (χ3v) is 7.16. The van der Waals surface area contributed by atoms with Gasteiger partial charge in [-0.3, -0.25) is 4.79 Å². The van der Waals surface area contributed by atoms with Crippen molar-refractivity contribution in [1.29, 1.82) is 0 Å². The van der Waals surface area contributed by atoms with Crippen LogP contribution < -0.4 is 15.0 Å². The molecule has 5 rings (SSSR count). The van der Waals surface area contributed by atoms with E-state index in [0.717, 1.165) is 52.5 Å². The number of hydrogen-bond donors (Lipinski definition) is 1. The number of nitrogens with one attached hydrogen (secondary N) is 1. The highest BCUT2D eigenvalue weighted by Crippen LogP contribution is 2.39. The monoisotopic (exact) mass is 450 g/mol. The molecule has 1 N–H and O–H groups in total. The predicted molar refractivity (Wildman–Crippen MR) is 125 cm³/mol. The Morgan fingerprint density at radius 3 is 2.81 bits per heavy atom. The summed E-state index contributed by atoms with van der Waals surface area (Å²) < 4.78 is 21.5. The van der Waals surface area contributed by atoms with Crippen LogP contribution in [-0.4, -0.2) is 36.1 Å². The lowest BCUT2D eigenvalue weighted by molar-refractivity contribution is -0.125. The van der Waals surface area contributed by atoms with Crippen LogP contribution >= 0.6 is 11.3 Å². The number of carbonyl (C=O) groups excluding carboxylic acids is 1. The first-order valence-electron chi connectivity index (χ1n) is 10.6. The van der Waals surface area contributed by atoms with Gasteiger partial charge in [-0.25, -0.2) is 14.4 Å². The first-order chi connectivity index (χ1) is 15.7. The van der Waals surface area contributed by atoms with Gasteiger partial charge in [0, 0.05) is 35.8 Å². The number of hydrogen-bond acceptors (Lipinski definition) is 6. The molecule has 2 aromatic carbocycles. The van der Waals surface area contributed by atoms with Crippen molar-refractivity contribution in [2.45, 2.75) is 19.4 Å². The normalized spacial score (nSPS) is 14.8. The zero-order valence-electron chi connectivity index (χ0n) is 17.7. The molecule has 1 aliphatic rings.